The van der Waals surface area contributed by atoms with Crippen molar-refractivity contribution in [2.45, 2.75) is 74.0 Å². The highest BCUT2D eigenvalue weighted by atomic mass is 16.6. The third-order valence-corrected chi connectivity index (χ3v) is 5.74. The van der Waals surface area contributed by atoms with Crippen molar-refractivity contribution in [3.63, 3.8) is 0 Å². The van der Waals surface area contributed by atoms with Gasteiger partial charge in [-0.25, -0.2) is 9.59 Å². The maximum absolute atomic E-state index is 12.6. The maximum Gasteiger partial charge on any atom is 0.407 e. The van der Waals surface area contributed by atoms with Crippen molar-refractivity contribution >= 4 is 29.0 Å². The highest BCUT2D eigenvalue weighted by Gasteiger charge is 2.23. The third kappa shape index (κ3) is 8.17. The van der Waals surface area contributed by atoms with Gasteiger partial charge in [0.15, 0.2) is 0 Å². The summed E-state index contributed by atoms with van der Waals surface area (Å²) in [6.07, 6.45) is 3.44. The van der Waals surface area contributed by atoms with Crippen LogP contribution in [0.15, 0.2) is 48.5 Å². The molecule has 0 aliphatic carbocycles. The molecule has 0 fully saturated rings. The molecule has 1 N–H and O–H groups in total. The molecule has 3 aromatic rings. The molecular weight excluding hydrogens is 476 g/mol. The number of rotatable bonds is 7. The summed E-state index contributed by atoms with van der Waals surface area (Å²) in [4.78, 5) is 29.6. The summed E-state index contributed by atoms with van der Waals surface area (Å²) in [6.45, 7) is 16.5. The quantitative estimate of drug-likeness (QED) is 0.261. The lowest BCUT2D eigenvalue weighted by Gasteiger charge is -2.24. The summed E-state index contributed by atoms with van der Waals surface area (Å²) < 4.78 is 10.6. The van der Waals surface area contributed by atoms with Gasteiger partial charge in [-0.3, -0.25) is 4.98 Å². The van der Waals surface area contributed by atoms with Crippen LogP contribution in [0.1, 0.15) is 70.9 Å². The lowest BCUT2D eigenvalue weighted by molar-refractivity contribution is -0.137. The number of hydrogen-bond acceptors (Lipinski definition) is 5. The number of hydrogen-bond donors (Lipinski definition) is 1. The van der Waals surface area contributed by atoms with Crippen molar-refractivity contribution in [2.75, 3.05) is 6.61 Å². The van der Waals surface area contributed by atoms with Crippen molar-refractivity contribution in [2.24, 2.45) is 5.41 Å². The fourth-order valence-electron chi connectivity index (χ4n) is 4.19. The Morgan fingerprint density at radius 2 is 1.68 bits per heavy atom. The number of esters is 1. The van der Waals surface area contributed by atoms with E-state index in [1.54, 1.807) is 13.0 Å². The van der Waals surface area contributed by atoms with Crippen LogP contribution in [0.25, 0.3) is 28.1 Å². The normalized spacial score (nSPS) is 12.1. The molecule has 1 aromatic heterocycles. The SMILES string of the molecule is CCOC(=O)C=Cc1ccc2nc(CC(C)(C)C)c(CNC(=O)OC(C)(C)C)c(-c3ccc(C)cc3)c2c1. The smallest absolute Gasteiger partial charge is 0.407 e. The molecule has 202 valence electrons. The zero-order valence-electron chi connectivity index (χ0n) is 23.9. The number of aromatic nitrogens is 1. The van der Waals surface area contributed by atoms with E-state index in [0.717, 1.165) is 50.8 Å². The van der Waals surface area contributed by atoms with Gasteiger partial charge in [0, 0.05) is 29.3 Å². The Balaban J connectivity index is 2.23. The fourth-order valence-corrected chi connectivity index (χ4v) is 4.19. The summed E-state index contributed by atoms with van der Waals surface area (Å²) in [6, 6.07) is 14.3. The highest BCUT2D eigenvalue weighted by molar-refractivity contribution is 5.98. The Morgan fingerprint density at radius 1 is 1.00 bits per heavy atom. The van der Waals surface area contributed by atoms with E-state index in [4.69, 9.17) is 14.5 Å². The zero-order chi connectivity index (χ0) is 28.1. The summed E-state index contributed by atoms with van der Waals surface area (Å²) in [7, 11) is 0. The van der Waals surface area contributed by atoms with Crippen LogP contribution in [0.3, 0.4) is 0 Å². The van der Waals surface area contributed by atoms with Gasteiger partial charge in [0.1, 0.15) is 5.60 Å². The van der Waals surface area contributed by atoms with Gasteiger partial charge in [0.05, 0.1) is 12.1 Å². The van der Waals surface area contributed by atoms with Crippen molar-refractivity contribution < 1.29 is 19.1 Å². The van der Waals surface area contributed by atoms with Crippen LogP contribution >= 0.6 is 0 Å². The second kappa shape index (κ2) is 11.8. The summed E-state index contributed by atoms with van der Waals surface area (Å²) in [5.41, 5.74) is 6.19. The molecule has 0 atom stereocenters. The first-order valence-electron chi connectivity index (χ1n) is 13.1. The Hall–Kier alpha value is -3.67. The van der Waals surface area contributed by atoms with E-state index in [0.29, 0.717) is 6.61 Å². The lowest BCUT2D eigenvalue weighted by atomic mass is 9.85. The molecule has 0 radical (unpaired) electrons. The molecular formula is C32H40N2O4. The molecule has 0 aliphatic rings. The van der Waals surface area contributed by atoms with Gasteiger partial charge in [0.2, 0.25) is 0 Å². The van der Waals surface area contributed by atoms with Gasteiger partial charge in [0.25, 0.3) is 0 Å². The van der Waals surface area contributed by atoms with Crippen LogP contribution in [0, 0.1) is 12.3 Å². The minimum atomic E-state index is -0.597. The molecule has 38 heavy (non-hydrogen) atoms. The van der Waals surface area contributed by atoms with Crippen molar-refractivity contribution in [1.29, 1.82) is 0 Å². The van der Waals surface area contributed by atoms with Gasteiger partial charge < -0.3 is 14.8 Å². The number of nitrogens with zero attached hydrogens (tertiary/aromatic N) is 1. The molecule has 6 nitrogen and oxygen atoms in total. The van der Waals surface area contributed by atoms with Crippen molar-refractivity contribution in [3.8, 4) is 11.1 Å². The number of benzene rings is 2. The van der Waals surface area contributed by atoms with Gasteiger partial charge in [-0.1, -0.05) is 56.7 Å². The second-order valence-corrected chi connectivity index (χ2v) is 11.7. The minimum Gasteiger partial charge on any atom is -0.463 e. The number of fused-ring (bicyclic) bond motifs is 1. The largest absolute Gasteiger partial charge is 0.463 e. The number of amides is 1. The monoisotopic (exact) mass is 516 g/mol. The van der Waals surface area contributed by atoms with Crippen LogP contribution < -0.4 is 5.32 Å². The molecule has 2 aromatic carbocycles. The van der Waals surface area contributed by atoms with Gasteiger partial charge in [-0.15, -0.1) is 0 Å². The Morgan fingerprint density at radius 3 is 2.29 bits per heavy atom. The molecule has 0 spiro atoms. The first-order valence-corrected chi connectivity index (χ1v) is 13.1. The van der Waals surface area contributed by atoms with Gasteiger partial charge in [-0.2, -0.15) is 0 Å². The van der Waals surface area contributed by atoms with E-state index >= 15 is 0 Å². The molecule has 3 rings (SSSR count). The van der Waals surface area contributed by atoms with E-state index in [1.165, 1.54) is 6.08 Å². The number of pyridine rings is 1. The second-order valence-electron chi connectivity index (χ2n) is 11.7. The number of carbonyl (C=O) groups is 2. The van der Waals surface area contributed by atoms with E-state index in [2.05, 4.69) is 57.3 Å². The van der Waals surface area contributed by atoms with Gasteiger partial charge in [-0.05, 0) is 81.4 Å². The molecule has 1 amide bonds. The first kappa shape index (κ1) is 28.9. The molecule has 6 heteroatoms. The zero-order valence-corrected chi connectivity index (χ0v) is 23.9. The van der Waals surface area contributed by atoms with Crippen LogP contribution in [-0.2, 0) is 27.2 Å². The molecule has 0 aliphatic heterocycles. The lowest BCUT2D eigenvalue weighted by Crippen LogP contribution is -2.32. The van der Waals surface area contributed by atoms with E-state index in [1.807, 2.05) is 39.0 Å². The van der Waals surface area contributed by atoms with E-state index in [-0.39, 0.29) is 17.9 Å². The third-order valence-electron chi connectivity index (χ3n) is 5.74. The van der Waals surface area contributed by atoms with Crippen molar-refractivity contribution in [3.05, 3.63) is 70.9 Å². The van der Waals surface area contributed by atoms with Crippen molar-refractivity contribution in [1.82, 2.24) is 10.3 Å². The number of nitrogens with one attached hydrogen (secondary N) is 1. The first-order chi connectivity index (χ1) is 17.8. The van der Waals surface area contributed by atoms with Crippen LogP contribution in [0.2, 0.25) is 0 Å². The van der Waals surface area contributed by atoms with Gasteiger partial charge >= 0.3 is 12.1 Å². The van der Waals surface area contributed by atoms with Crippen LogP contribution in [0.4, 0.5) is 4.79 Å². The molecule has 0 bridgehead atoms. The van der Waals surface area contributed by atoms with Crippen LogP contribution in [0.5, 0.6) is 0 Å². The molecule has 0 saturated heterocycles. The number of carbonyl (C=O) groups excluding carboxylic acids is 2. The average molecular weight is 517 g/mol. The highest BCUT2D eigenvalue weighted by Crippen LogP contribution is 2.36. The Labute approximate surface area is 226 Å². The van der Waals surface area contributed by atoms with Crippen LogP contribution in [-0.4, -0.2) is 29.3 Å². The number of alkyl carbamates (subject to hydrolysis) is 1. The van der Waals surface area contributed by atoms with E-state index in [9.17, 15) is 9.59 Å². The minimum absolute atomic E-state index is 0.0196. The average Bonchev–Trinajstić information content (AvgIpc) is 2.80. The summed E-state index contributed by atoms with van der Waals surface area (Å²) in [5, 5.41) is 3.90. The summed E-state index contributed by atoms with van der Waals surface area (Å²) in [5.74, 6) is -0.382. The maximum atomic E-state index is 12.6. The standard InChI is InChI=1S/C32H40N2O4/c1-9-37-28(35)17-13-22-12-16-26-24(18-22)29(23-14-10-21(2)11-15-23)25(27(34-26)19-31(3,4)5)20-33-30(36)38-32(6,7)8/h10-18H,9,19-20H2,1-8H3,(H,33,36). The predicted molar refractivity (Wildman–Crippen MR) is 154 cm³/mol. The summed E-state index contributed by atoms with van der Waals surface area (Å²) >= 11 is 0. The number of aryl methyl sites for hydroxylation is 1. The predicted octanol–water partition coefficient (Wildman–Crippen LogP) is 7.40. The molecule has 1 heterocycles. The van der Waals surface area contributed by atoms with E-state index < -0.39 is 11.7 Å². The fraction of sp³-hybridized carbons (Fsp3) is 0.406. The molecule has 0 saturated carbocycles. The topological polar surface area (TPSA) is 77.5 Å². The Bertz CT molecular complexity index is 1330. The molecule has 0 unspecified atom stereocenters. The number of ether oxygens (including phenoxy) is 2. The Kier molecular flexibility index (Phi) is 8.97.